The van der Waals surface area contributed by atoms with Crippen LogP contribution in [0, 0.1) is 5.82 Å². The molecule has 1 aromatic carbocycles. The van der Waals surface area contributed by atoms with Gasteiger partial charge in [0.2, 0.25) is 11.8 Å². The van der Waals surface area contributed by atoms with Crippen LogP contribution in [0.3, 0.4) is 0 Å². The minimum Gasteiger partial charge on any atom is -0.339 e. The molecular weight excluding hydrogens is 309 g/mol. The zero-order valence-corrected chi connectivity index (χ0v) is 13.2. The number of anilines is 1. The van der Waals surface area contributed by atoms with Crippen molar-refractivity contribution in [3.63, 3.8) is 0 Å². The van der Waals surface area contributed by atoms with Gasteiger partial charge in [-0.15, -0.1) is 0 Å². The second kappa shape index (κ2) is 7.35. The molecule has 0 aliphatic rings. The van der Waals surface area contributed by atoms with E-state index in [9.17, 15) is 9.18 Å². The molecule has 0 atom stereocenters. The number of rotatable bonds is 6. The summed E-state index contributed by atoms with van der Waals surface area (Å²) in [6.07, 6.45) is 1.42. The summed E-state index contributed by atoms with van der Waals surface area (Å²) in [6.45, 7) is 3.96. The molecule has 2 aromatic rings. The maximum atomic E-state index is 13.0. The van der Waals surface area contributed by atoms with Crippen LogP contribution in [0.25, 0.3) is 0 Å². The summed E-state index contributed by atoms with van der Waals surface area (Å²) in [5.74, 6) is 0.717. The van der Waals surface area contributed by atoms with Gasteiger partial charge in [0, 0.05) is 24.4 Å². The van der Waals surface area contributed by atoms with Crippen LogP contribution in [0.15, 0.2) is 22.7 Å². The van der Waals surface area contributed by atoms with Gasteiger partial charge in [0.1, 0.15) is 5.82 Å². The van der Waals surface area contributed by atoms with E-state index in [0.29, 0.717) is 36.7 Å². The van der Waals surface area contributed by atoms with E-state index in [0.717, 1.165) is 0 Å². The number of hydrogen-bond acceptors (Lipinski definition) is 4. The fourth-order valence-corrected chi connectivity index (χ4v) is 1.98. The number of nitrogens with zero attached hydrogens (tertiary/aromatic N) is 2. The highest BCUT2D eigenvalue weighted by Crippen LogP contribution is 2.19. The summed E-state index contributed by atoms with van der Waals surface area (Å²) in [6, 6.07) is 4.05. The van der Waals surface area contributed by atoms with Crippen molar-refractivity contribution in [3.05, 3.63) is 40.8 Å². The Morgan fingerprint density at radius 2 is 2.23 bits per heavy atom. The summed E-state index contributed by atoms with van der Waals surface area (Å²) >= 11 is 5.66. The van der Waals surface area contributed by atoms with E-state index in [1.54, 1.807) is 0 Å². The number of aryl methyl sites for hydroxylation is 1. The lowest BCUT2D eigenvalue weighted by atomic mass is 10.2. The van der Waals surface area contributed by atoms with Gasteiger partial charge in [-0.1, -0.05) is 30.6 Å². The Balaban J connectivity index is 1.78. The predicted octanol–water partition coefficient (Wildman–Crippen LogP) is 3.95. The minimum absolute atomic E-state index is 0.0233. The lowest BCUT2D eigenvalue weighted by Crippen LogP contribution is -2.11. The Labute approximate surface area is 132 Å². The molecule has 0 saturated heterocycles. The van der Waals surface area contributed by atoms with Gasteiger partial charge in [-0.2, -0.15) is 4.98 Å². The fourth-order valence-electron chi connectivity index (χ4n) is 1.80. The monoisotopic (exact) mass is 325 g/mol. The van der Waals surface area contributed by atoms with Gasteiger partial charge in [0.15, 0.2) is 5.82 Å². The lowest BCUT2D eigenvalue weighted by molar-refractivity contribution is -0.116. The van der Waals surface area contributed by atoms with Crippen LogP contribution < -0.4 is 5.32 Å². The normalized spacial score (nSPS) is 11.0. The fraction of sp³-hybridized carbons (Fsp3) is 0.400. The first kappa shape index (κ1) is 16.4. The maximum Gasteiger partial charge on any atom is 0.226 e. The van der Waals surface area contributed by atoms with Crippen LogP contribution in [0.1, 0.15) is 44.3 Å². The highest BCUT2D eigenvalue weighted by Gasteiger charge is 2.10. The minimum atomic E-state index is -0.517. The quantitative estimate of drug-likeness (QED) is 0.873. The van der Waals surface area contributed by atoms with Gasteiger partial charge in [0.25, 0.3) is 0 Å². The smallest absolute Gasteiger partial charge is 0.226 e. The molecular formula is C15H17ClFN3O2. The highest BCUT2D eigenvalue weighted by atomic mass is 35.5. The van der Waals surface area contributed by atoms with Crippen molar-refractivity contribution in [2.75, 3.05) is 5.32 Å². The van der Waals surface area contributed by atoms with E-state index in [1.807, 2.05) is 13.8 Å². The van der Waals surface area contributed by atoms with Crippen molar-refractivity contribution in [2.24, 2.45) is 0 Å². The summed E-state index contributed by atoms with van der Waals surface area (Å²) in [4.78, 5) is 16.0. The summed E-state index contributed by atoms with van der Waals surface area (Å²) in [7, 11) is 0. The van der Waals surface area contributed by atoms with Gasteiger partial charge in [0.05, 0.1) is 5.02 Å². The predicted molar refractivity (Wildman–Crippen MR) is 81.4 cm³/mol. The van der Waals surface area contributed by atoms with Crippen LogP contribution in [0.2, 0.25) is 5.02 Å². The second-order valence-corrected chi connectivity index (χ2v) is 5.64. The Morgan fingerprint density at radius 1 is 1.45 bits per heavy atom. The number of hydrogen-bond donors (Lipinski definition) is 1. The first-order valence-corrected chi connectivity index (χ1v) is 7.41. The molecule has 1 amide bonds. The first-order valence-electron chi connectivity index (χ1n) is 7.03. The molecule has 0 bridgehead atoms. The van der Waals surface area contributed by atoms with Crippen molar-refractivity contribution >= 4 is 23.2 Å². The number of carbonyl (C=O) groups excluding carboxylic acids is 1. The Morgan fingerprint density at radius 3 is 2.86 bits per heavy atom. The van der Waals surface area contributed by atoms with E-state index in [1.165, 1.54) is 18.2 Å². The van der Waals surface area contributed by atoms with Gasteiger partial charge in [-0.3, -0.25) is 4.79 Å². The molecule has 7 heteroatoms. The highest BCUT2D eigenvalue weighted by molar-refractivity contribution is 6.31. The van der Waals surface area contributed by atoms with E-state index >= 15 is 0 Å². The standard InChI is InChI=1S/C15H17ClFN3O2/c1-9(2)15-19-14(22-20-15)5-3-4-13(21)18-10-6-7-12(17)11(16)8-10/h6-9H,3-5H2,1-2H3,(H,18,21). The summed E-state index contributed by atoms with van der Waals surface area (Å²) in [5, 5.41) is 6.50. The van der Waals surface area contributed by atoms with Crippen molar-refractivity contribution in [1.82, 2.24) is 10.1 Å². The lowest BCUT2D eigenvalue weighted by Gasteiger charge is -2.05. The molecule has 0 aliphatic carbocycles. The Kier molecular flexibility index (Phi) is 5.49. The molecule has 5 nitrogen and oxygen atoms in total. The second-order valence-electron chi connectivity index (χ2n) is 5.23. The molecule has 0 radical (unpaired) electrons. The average molecular weight is 326 g/mol. The van der Waals surface area contributed by atoms with Crippen LogP contribution in [-0.4, -0.2) is 16.0 Å². The largest absolute Gasteiger partial charge is 0.339 e. The Bertz CT molecular complexity index is 658. The topological polar surface area (TPSA) is 68.0 Å². The molecule has 22 heavy (non-hydrogen) atoms. The third-order valence-electron chi connectivity index (χ3n) is 3.00. The number of carbonyl (C=O) groups is 1. The first-order chi connectivity index (χ1) is 10.5. The van der Waals surface area contributed by atoms with E-state index < -0.39 is 5.82 Å². The van der Waals surface area contributed by atoms with Gasteiger partial charge in [-0.25, -0.2) is 4.39 Å². The number of benzene rings is 1. The van der Waals surface area contributed by atoms with Crippen LogP contribution in [0.5, 0.6) is 0 Å². The summed E-state index contributed by atoms with van der Waals surface area (Å²) in [5.41, 5.74) is 0.469. The van der Waals surface area contributed by atoms with Gasteiger partial charge < -0.3 is 9.84 Å². The molecule has 118 valence electrons. The van der Waals surface area contributed by atoms with Gasteiger partial charge >= 0.3 is 0 Å². The van der Waals surface area contributed by atoms with Crippen LogP contribution in [0.4, 0.5) is 10.1 Å². The molecule has 2 rings (SSSR count). The number of aromatic nitrogens is 2. The third-order valence-corrected chi connectivity index (χ3v) is 3.29. The molecule has 0 fully saturated rings. The van der Waals surface area contributed by atoms with Crippen molar-refractivity contribution < 1.29 is 13.7 Å². The number of amides is 1. The SMILES string of the molecule is CC(C)c1noc(CCCC(=O)Nc2ccc(F)c(Cl)c2)n1. The summed E-state index contributed by atoms with van der Waals surface area (Å²) < 4.78 is 18.1. The number of halogens is 2. The molecule has 0 spiro atoms. The Hall–Kier alpha value is -1.95. The molecule has 1 N–H and O–H groups in total. The van der Waals surface area contributed by atoms with E-state index in [-0.39, 0.29) is 16.8 Å². The zero-order chi connectivity index (χ0) is 16.1. The van der Waals surface area contributed by atoms with Crippen molar-refractivity contribution in [1.29, 1.82) is 0 Å². The molecule has 1 aromatic heterocycles. The molecule has 0 unspecified atom stereocenters. The molecule has 1 heterocycles. The van der Waals surface area contributed by atoms with Gasteiger partial charge in [-0.05, 0) is 24.6 Å². The van der Waals surface area contributed by atoms with Crippen LogP contribution >= 0.6 is 11.6 Å². The molecule has 0 aliphatic heterocycles. The third kappa shape index (κ3) is 4.53. The zero-order valence-electron chi connectivity index (χ0n) is 12.4. The van der Waals surface area contributed by atoms with E-state index in [4.69, 9.17) is 16.1 Å². The maximum absolute atomic E-state index is 13.0. The average Bonchev–Trinajstić information content (AvgIpc) is 2.92. The van der Waals surface area contributed by atoms with Crippen molar-refractivity contribution in [2.45, 2.75) is 39.0 Å². The van der Waals surface area contributed by atoms with Crippen LogP contribution in [-0.2, 0) is 11.2 Å². The number of nitrogens with one attached hydrogen (secondary N) is 1. The molecule has 0 saturated carbocycles. The van der Waals surface area contributed by atoms with Crippen molar-refractivity contribution in [3.8, 4) is 0 Å². The van der Waals surface area contributed by atoms with E-state index in [2.05, 4.69) is 15.5 Å².